The van der Waals surface area contributed by atoms with Crippen molar-refractivity contribution in [3.8, 4) is 11.5 Å². The average Bonchev–Trinajstić information content (AvgIpc) is 1.61. The summed E-state index contributed by atoms with van der Waals surface area (Å²) in [5.74, 6) is -1.02. The number of aryl methyl sites for hydroxylation is 3. The molecule has 0 fully saturated rings. The Hall–Kier alpha value is -11.1. The van der Waals surface area contributed by atoms with Crippen LogP contribution in [-0.2, 0) is 28.7 Å². The molecule has 11 rings (SSSR count). The molecule has 3 unspecified atom stereocenters. The van der Waals surface area contributed by atoms with Crippen LogP contribution in [0.5, 0.6) is 11.5 Å². The number of anilines is 6. The standard InChI is InChI=1S/C30H32FN3O5.C25H24FN3O3.C23H29N3O3/c1-5-34(29(37)38-22-14-12-21(31)13-15-22)26-17-11-19-18-20(10-16-23(19)26)27(35)32-24-8-6-7-9-25(24)33-28(36)39-30(2,3)4;1-2-29(25(31)32-19-11-9-18(26)10-12-19)23-14-8-16-15-17(7-13-20(16)23)24(30)28-22-6-4-3-5-21(22)27;1-5-24-18-13-11-15-14-16(10-12-17(15)18)21(27)25-19-8-6-7-9-20(19)26-22(28)29-23(2,3)4/h6-10,12-16,18,26H,5,11,17H2,1-4H3,(H,32,35)(H,33,36);3-7,9-13,15,23H,2,8,14,27H2,1H3,(H,28,30);6-10,12,14,18,24H,5,11,13H2,1-4H3,(H,25,27)(H,26,28). The number of carbonyl (C=O) groups is 7. The number of rotatable bonds is 16. The van der Waals surface area contributed by atoms with Crippen LogP contribution in [0.2, 0.25) is 0 Å². The quantitative estimate of drug-likeness (QED) is 0.0445. The van der Waals surface area contributed by atoms with E-state index in [1.807, 2.05) is 62.4 Å². The molecule has 0 saturated carbocycles. The molecule has 0 aliphatic heterocycles. The molecular formula is C78H85F2N9O11. The Morgan fingerprint density at radius 1 is 0.440 bits per heavy atom. The Morgan fingerprint density at radius 2 is 0.780 bits per heavy atom. The molecule has 7 amide bonds. The van der Waals surface area contributed by atoms with E-state index in [0.717, 1.165) is 54.5 Å². The highest BCUT2D eigenvalue weighted by atomic mass is 19.1. The van der Waals surface area contributed by atoms with Gasteiger partial charge in [0, 0.05) is 35.8 Å². The smallest absolute Gasteiger partial charge is 0.415 e. The molecular weight excluding hydrogens is 1280 g/mol. The van der Waals surface area contributed by atoms with Crippen molar-refractivity contribution in [1.82, 2.24) is 15.1 Å². The lowest BCUT2D eigenvalue weighted by Crippen LogP contribution is -2.36. The van der Waals surface area contributed by atoms with Crippen molar-refractivity contribution in [2.75, 3.05) is 52.0 Å². The Kier molecular flexibility index (Phi) is 24.1. The fourth-order valence-electron chi connectivity index (χ4n) is 12.0. The largest absolute Gasteiger partial charge is 0.444 e. The van der Waals surface area contributed by atoms with Crippen LogP contribution in [0, 0.1) is 11.6 Å². The molecule has 3 aliphatic rings. The zero-order valence-electron chi connectivity index (χ0n) is 57.6. The molecule has 8 aromatic carbocycles. The predicted octanol–water partition coefficient (Wildman–Crippen LogP) is 17.0. The van der Waals surface area contributed by atoms with E-state index < -0.39 is 47.2 Å². The van der Waals surface area contributed by atoms with Crippen molar-refractivity contribution in [3.63, 3.8) is 0 Å². The van der Waals surface area contributed by atoms with Crippen LogP contribution >= 0.6 is 0 Å². The van der Waals surface area contributed by atoms with E-state index in [1.165, 1.54) is 59.7 Å². The third-order valence-electron chi connectivity index (χ3n) is 16.6. The number of ether oxygens (including phenoxy) is 4. The van der Waals surface area contributed by atoms with E-state index in [2.05, 4.69) is 38.8 Å². The maximum atomic E-state index is 13.2. The first kappa shape index (κ1) is 73.1. The van der Waals surface area contributed by atoms with Crippen molar-refractivity contribution >= 4 is 76.2 Å². The summed E-state index contributed by atoms with van der Waals surface area (Å²) < 4.78 is 47.8. The summed E-state index contributed by atoms with van der Waals surface area (Å²) in [6, 6.07) is 48.5. The fraction of sp³-hybridized carbons (Fsp3) is 0.295. The van der Waals surface area contributed by atoms with Gasteiger partial charge in [0.25, 0.3) is 17.7 Å². The number of fused-ring (bicyclic) bond motifs is 3. The monoisotopic (exact) mass is 1360 g/mol. The van der Waals surface area contributed by atoms with Gasteiger partial charge in [-0.3, -0.25) is 25.0 Å². The molecule has 3 aliphatic carbocycles. The van der Waals surface area contributed by atoms with Crippen LogP contribution < -0.4 is 47.1 Å². The predicted molar refractivity (Wildman–Crippen MR) is 383 cm³/mol. The first-order valence-corrected chi connectivity index (χ1v) is 33.3. The molecule has 22 heteroatoms. The van der Waals surface area contributed by atoms with E-state index >= 15 is 0 Å². The minimum Gasteiger partial charge on any atom is -0.444 e. The second-order valence-corrected chi connectivity index (χ2v) is 26.0. The van der Waals surface area contributed by atoms with Gasteiger partial charge in [-0.05, 0) is 255 Å². The highest BCUT2D eigenvalue weighted by Gasteiger charge is 2.34. The number of halogens is 2. The van der Waals surface area contributed by atoms with Crippen molar-refractivity contribution in [2.45, 2.75) is 130 Å². The van der Waals surface area contributed by atoms with Gasteiger partial charge in [-0.25, -0.2) is 28.0 Å². The number of benzene rings is 8. The summed E-state index contributed by atoms with van der Waals surface area (Å²) in [6.45, 7) is 18.4. The molecule has 8 N–H and O–H groups in total. The fourth-order valence-corrected chi connectivity index (χ4v) is 12.0. The summed E-state index contributed by atoms with van der Waals surface area (Å²) >= 11 is 0. The second kappa shape index (κ2) is 32.9. The Balaban J connectivity index is 0.000000177. The number of carbonyl (C=O) groups excluding carboxylic acids is 7. The van der Waals surface area contributed by atoms with E-state index in [-0.39, 0.29) is 35.6 Å². The van der Waals surface area contributed by atoms with E-state index in [0.29, 0.717) is 88.5 Å². The van der Waals surface area contributed by atoms with Crippen LogP contribution in [-0.4, -0.2) is 82.7 Å². The molecule has 0 heterocycles. The van der Waals surface area contributed by atoms with E-state index in [1.54, 1.807) is 130 Å². The second-order valence-electron chi connectivity index (χ2n) is 26.0. The summed E-state index contributed by atoms with van der Waals surface area (Å²) in [4.78, 5) is 91.9. The third kappa shape index (κ3) is 19.6. The molecule has 0 spiro atoms. The zero-order chi connectivity index (χ0) is 71.8. The van der Waals surface area contributed by atoms with Crippen LogP contribution in [0.4, 0.5) is 62.1 Å². The molecule has 0 radical (unpaired) electrons. The van der Waals surface area contributed by atoms with Gasteiger partial charge in [-0.1, -0.05) is 61.5 Å². The number of para-hydroxylation sites is 6. The van der Waals surface area contributed by atoms with Crippen LogP contribution in [0.25, 0.3) is 0 Å². The van der Waals surface area contributed by atoms with Crippen LogP contribution in [0.1, 0.15) is 164 Å². The number of amides is 7. The van der Waals surface area contributed by atoms with E-state index in [4.69, 9.17) is 24.7 Å². The number of nitrogens with one attached hydrogen (secondary N) is 6. The Labute approximate surface area is 581 Å². The lowest BCUT2D eigenvalue weighted by atomic mass is 10.0. The van der Waals surface area contributed by atoms with Gasteiger partial charge < -0.3 is 55.7 Å². The molecule has 20 nitrogen and oxygen atoms in total. The lowest BCUT2D eigenvalue weighted by molar-refractivity contribution is 0.0624. The van der Waals surface area contributed by atoms with Crippen molar-refractivity contribution in [3.05, 3.63) is 238 Å². The number of hydrogen-bond donors (Lipinski definition) is 7. The highest BCUT2D eigenvalue weighted by molar-refractivity contribution is 6.08. The van der Waals surface area contributed by atoms with Gasteiger partial charge in [0.15, 0.2) is 0 Å². The number of nitrogens with two attached hydrogens (primary N) is 1. The third-order valence-corrected chi connectivity index (χ3v) is 16.6. The van der Waals surface area contributed by atoms with Gasteiger partial charge in [0.05, 0.1) is 46.2 Å². The molecule has 522 valence electrons. The molecule has 0 bridgehead atoms. The van der Waals surface area contributed by atoms with Gasteiger partial charge in [0.2, 0.25) is 0 Å². The molecule has 0 saturated heterocycles. The topological polar surface area (TPSA) is 261 Å². The van der Waals surface area contributed by atoms with Crippen LogP contribution in [0.15, 0.2) is 176 Å². The maximum absolute atomic E-state index is 13.2. The molecule has 100 heavy (non-hydrogen) atoms. The minimum atomic E-state index is -0.657. The van der Waals surface area contributed by atoms with Crippen molar-refractivity contribution in [1.29, 1.82) is 0 Å². The summed E-state index contributed by atoms with van der Waals surface area (Å²) in [5, 5.41) is 17.5. The molecule has 3 atom stereocenters. The van der Waals surface area contributed by atoms with Crippen LogP contribution in [0.3, 0.4) is 0 Å². The minimum absolute atomic E-state index is 0.148. The SMILES string of the molecule is CCN(C(=O)Oc1ccc(F)cc1)C1CCc2cc(C(=O)Nc3ccccc3N)ccc21.CCN(C(=O)Oc1ccc(F)cc1)C1CCc2cc(C(=O)Nc3ccccc3NC(=O)OC(C)(C)C)ccc21.CCNC1CCc2cc(C(=O)Nc3ccccc3NC(=O)OC(C)(C)C)ccc21. The van der Waals surface area contributed by atoms with Gasteiger partial charge in [0.1, 0.15) is 34.3 Å². The first-order chi connectivity index (χ1) is 47.8. The zero-order valence-corrected chi connectivity index (χ0v) is 57.6. The van der Waals surface area contributed by atoms with Gasteiger partial charge >= 0.3 is 24.4 Å². The normalized spacial score (nSPS) is 14.7. The maximum Gasteiger partial charge on any atom is 0.415 e. The van der Waals surface area contributed by atoms with Crippen molar-refractivity contribution < 1.29 is 61.3 Å². The van der Waals surface area contributed by atoms with Gasteiger partial charge in [-0.15, -0.1) is 0 Å². The van der Waals surface area contributed by atoms with Crippen molar-refractivity contribution in [2.24, 2.45) is 0 Å². The lowest BCUT2D eigenvalue weighted by Gasteiger charge is -2.27. The number of nitrogens with zero attached hydrogens (tertiary/aromatic N) is 2. The molecule has 8 aromatic rings. The summed E-state index contributed by atoms with van der Waals surface area (Å²) in [5.41, 5.74) is 15.6. The summed E-state index contributed by atoms with van der Waals surface area (Å²) in [6.07, 6.45) is 2.69. The van der Waals surface area contributed by atoms with Gasteiger partial charge in [-0.2, -0.15) is 0 Å². The highest BCUT2D eigenvalue weighted by Crippen LogP contribution is 2.40. The number of nitrogen functional groups attached to an aromatic ring is 1. The van der Waals surface area contributed by atoms with E-state index in [9.17, 15) is 42.3 Å². The first-order valence-electron chi connectivity index (χ1n) is 33.3. The average molecular weight is 1360 g/mol. The Morgan fingerprint density at radius 3 is 1.15 bits per heavy atom. The summed E-state index contributed by atoms with van der Waals surface area (Å²) in [7, 11) is 0. The molecule has 0 aromatic heterocycles. The number of hydrogen-bond acceptors (Lipinski definition) is 13. The Bertz CT molecular complexity index is 4270.